The molecule has 16 heavy (non-hydrogen) atoms. The van der Waals surface area contributed by atoms with Crippen LogP contribution in [0.2, 0.25) is 0 Å². The summed E-state index contributed by atoms with van der Waals surface area (Å²) in [6.07, 6.45) is 4.08. The molecule has 0 saturated carbocycles. The molecule has 0 aromatic carbocycles. The zero-order valence-electron chi connectivity index (χ0n) is 9.14. The van der Waals surface area contributed by atoms with Gasteiger partial charge in [-0.2, -0.15) is 0 Å². The Morgan fingerprint density at radius 1 is 1.44 bits per heavy atom. The van der Waals surface area contributed by atoms with Crippen molar-refractivity contribution in [2.75, 3.05) is 6.61 Å². The van der Waals surface area contributed by atoms with E-state index in [0.29, 0.717) is 5.56 Å². The average molecular weight is 223 g/mol. The van der Waals surface area contributed by atoms with E-state index in [1.165, 1.54) is 18.7 Å². The normalized spacial score (nSPS) is 11.6. The minimum Gasteiger partial charge on any atom is -0.464 e. The second-order valence-corrected chi connectivity index (χ2v) is 3.07. The maximum absolute atomic E-state index is 11.6. The largest absolute Gasteiger partial charge is 0.464 e. The number of amides is 1. The number of ether oxygens (including phenoxy) is 1. The van der Waals surface area contributed by atoms with Crippen LogP contribution in [0.15, 0.2) is 18.7 Å². The van der Waals surface area contributed by atoms with Gasteiger partial charge in [-0.05, 0) is 13.8 Å². The summed E-state index contributed by atoms with van der Waals surface area (Å²) in [6.45, 7) is 3.55. The van der Waals surface area contributed by atoms with Crippen LogP contribution in [0.3, 0.4) is 0 Å². The van der Waals surface area contributed by atoms with Gasteiger partial charge in [0.05, 0.1) is 12.2 Å². The third-order valence-electron chi connectivity index (χ3n) is 1.81. The second kappa shape index (κ2) is 5.79. The van der Waals surface area contributed by atoms with Crippen LogP contribution in [-0.2, 0) is 9.53 Å². The summed E-state index contributed by atoms with van der Waals surface area (Å²) in [5.41, 5.74) is 0.304. The number of hydrogen-bond acceptors (Lipinski definition) is 5. The van der Waals surface area contributed by atoms with Crippen molar-refractivity contribution in [3.8, 4) is 0 Å². The lowest BCUT2D eigenvalue weighted by Crippen LogP contribution is -2.39. The predicted octanol–water partition coefficient (Wildman–Crippen LogP) is 0.158. The Bertz CT molecular complexity index is 367. The summed E-state index contributed by atoms with van der Waals surface area (Å²) >= 11 is 0. The Kier molecular flexibility index (Phi) is 4.38. The molecular formula is C10H13N3O3. The van der Waals surface area contributed by atoms with E-state index in [1.807, 2.05) is 0 Å². The maximum Gasteiger partial charge on any atom is 0.328 e. The molecule has 0 aliphatic carbocycles. The topological polar surface area (TPSA) is 81.2 Å². The average Bonchev–Trinajstić information content (AvgIpc) is 2.30. The first kappa shape index (κ1) is 12.1. The van der Waals surface area contributed by atoms with Crippen LogP contribution >= 0.6 is 0 Å². The maximum atomic E-state index is 11.6. The summed E-state index contributed by atoms with van der Waals surface area (Å²) in [6, 6.07) is -0.687. The Balaban J connectivity index is 2.55. The van der Waals surface area contributed by atoms with Crippen LogP contribution in [-0.4, -0.2) is 34.5 Å². The molecule has 1 aromatic rings. The molecule has 0 spiro atoms. The van der Waals surface area contributed by atoms with Gasteiger partial charge in [0.1, 0.15) is 12.4 Å². The Morgan fingerprint density at radius 3 is 2.62 bits per heavy atom. The van der Waals surface area contributed by atoms with Crippen LogP contribution in [0.5, 0.6) is 0 Å². The number of rotatable bonds is 4. The molecule has 0 radical (unpaired) electrons. The van der Waals surface area contributed by atoms with E-state index in [-0.39, 0.29) is 6.61 Å². The van der Waals surface area contributed by atoms with Crippen molar-refractivity contribution in [2.24, 2.45) is 0 Å². The number of esters is 1. The molecule has 1 rings (SSSR count). The molecule has 1 aromatic heterocycles. The monoisotopic (exact) mass is 223 g/mol. The zero-order chi connectivity index (χ0) is 12.0. The third-order valence-corrected chi connectivity index (χ3v) is 1.81. The number of aromatic nitrogens is 2. The fourth-order valence-corrected chi connectivity index (χ4v) is 1.02. The van der Waals surface area contributed by atoms with E-state index in [0.717, 1.165) is 0 Å². The van der Waals surface area contributed by atoms with Gasteiger partial charge in [0.2, 0.25) is 0 Å². The summed E-state index contributed by atoms with van der Waals surface area (Å²) in [7, 11) is 0. The lowest BCUT2D eigenvalue weighted by molar-refractivity contribution is -0.144. The second-order valence-electron chi connectivity index (χ2n) is 3.07. The van der Waals surface area contributed by atoms with Crippen LogP contribution in [0.1, 0.15) is 24.2 Å². The number of carbonyl (C=O) groups is 2. The molecule has 1 unspecified atom stereocenters. The molecular weight excluding hydrogens is 210 g/mol. The van der Waals surface area contributed by atoms with E-state index in [4.69, 9.17) is 4.74 Å². The van der Waals surface area contributed by atoms with Gasteiger partial charge in [-0.25, -0.2) is 14.8 Å². The highest BCUT2D eigenvalue weighted by atomic mass is 16.5. The molecule has 0 fully saturated rings. The van der Waals surface area contributed by atoms with Crippen LogP contribution in [0.4, 0.5) is 0 Å². The molecule has 1 N–H and O–H groups in total. The minimum absolute atomic E-state index is 0.285. The molecule has 1 heterocycles. The molecule has 1 atom stereocenters. The van der Waals surface area contributed by atoms with Crippen molar-refractivity contribution < 1.29 is 14.3 Å². The van der Waals surface area contributed by atoms with Crippen molar-refractivity contribution in [2.45, 2.75) is 19.9 Å². The highest BCUT2D eigenvalue weighted by molar-refractivity contribution is 5.96. The van der Waals surface area contributed by atoms with Gasteiger partial charge in [-0.1, -0.05) is 0 Å². The van der Waals surface area contributed by atoms with Crippen molar-refractivity contribution >= 4 is 11.9 Å². The van der Waals surface area contributed by atoms with E-state index in [1.54, 1.807) is 13.8 Å². The summed E-state index contributed by atoms with van der Waals surface area (Å²) in [4.78, 5) is 30.2. The van der Waals surface area contributed by atoms with Gasteiger partial charge in [-0.3, -0.25) is 4.79 Å². The van der Waals surface area contributed by atoms with Crippen molar-refractivity contribution in [3.05, 3.63) is 24.3 Å². The highest BCUT2D eigenvalue weighted by Gasteiger charge is 2.17. The number of carbonyl (C=O) groups excluding carboxylic acids is 2. The lowest BCUT2D eigenvalue weighted by atomic mass is 10.3. The highest BCUT2D eigenvalue weighted by Crippen LogP contribution is 1.95. The Hall–Kier alpha value is -1.98. The van der Waals surface area contributed by atoms with Crippen LogP contribution in [0.25, 0.3) is 0 Å². The van der Waals surface area contributed by atoms with Gasteiger partial charge >= 0.3 is 5.97 Å². The Labute approximate surface area is 93.0 Å². The van der Waals surface area contributed by atoms with E-state index < -0.39 is 17.9 Å². The number of nitrogens with zero attached hydrogens (tertiary/aromatic N) is 2. The predicted molar refractivity (Wildman–Crippen MR) is 55.6 cm³/mol. The minimum atomic E-state index is -0.687. The van der Waals surface area contributed by atoms with Gasteiger partial charge < -0.3 is 10.1 Å². The summed E-state index contributed by atoms with van der Waals surface area (Å²) in [5, 5.41) is 2.49. The van der Waals surface area contributed by atoms with E-state index in [9.17, 15) is 9.59 Å². The van der Waals surface area contributed by atoms with E-state index >= 15 is 0 Å². The van der Waals surface area contributed by atoms with Crippen LogP contribution < -0.4 is 5.32 Å². The molecule has 0 aliphatic heterocycles. The first-order valence-corrected chi connectivity index (χ1v) is 4.87. The summed E-state index contributed by atoms with van der Waals surface area (Å²) in [5.74, 6) is -0.867. The van der Waals surface area contributed by atoms with Gasteiger partial charge in [0.15, 0.2) is 0 Å². The quantitative estimate of drug-likeness (QED) is 0.735. The molecule has 0 aliphatic rings. The number of nitrogens with one attached hydrogen (secondary N) is 1. The van der Waals surface area contributed by atoms with Crippen molar-refractivity contribution in [3.63, 3.8) is 0 Å². The SMILES string of the molecule is CCOC(=O)C(C)NC(=O)c1cncnc1. The molecule has 6 heteroatoms. The molecule has 86 valence electrons. The van der Waals surface area contributed by atoms with Crippen molar-refractivity contribution in [1.29, 1.82) is 0 Å². The van der Waals surface area contributed by atoms with Gasteiger partial charge in [0, 0.05) is 12.4 Å². The standard InChI is InChI=1S/C10H13N3O3/c1-3-16-10(15)7(2)13-9(14)8-4-11-6-12-5-8/h4-7H,3H2,1-2H3,(H,13,14). The first-order chi connectivity index (χ1) is 7.65. The van der Waals surface area contributed by atoms with Gasteiger partial charge in [-0.15, -0.1) is 0 Å². The first-order valence-electron chi connectivity index (χ1n) is 4.87. The smallest absolute Gasteiger partial charge is 0.328 e. The van der Waals surface area contributed by atoms with E-state index in [2.05, 4.69) is 15.3 Å². The number of hydrogen-bond donors (Lipinski definition) is 1. The molecule has 0 saturated heterocycles. The van der Waals surface area contributed by atoms with Crippen LogP contribution in [0, 0.1) is 0 Å². The van der Waals surface area contributed by atoms with Gasteiger partial charge in [0.25, 0.3) is 5.91 Å². The molecule has 0 bridgehead atoms. The van der Waals surface area contributed by atoms with Crippen molar-refractivity contribution in [1.82, 2.24) is 15.3 Å². The molecule has 1 amide bonds. The lowest BCUT2D eigenvalue weighted by Gasteiger charge is -2.11. The molecule has 6 nitrogen and oxygen atoms in total. The Morgan fingerprint density at radius 2 is 2.06 bits per heavy atom. The third kappa shape index (κ3) is 3.30. The zero-order valence-corrected chi connectivity index (χ0v) is 9.14. The summed E-state index contributed by atoms with van der Waals surface area (Å²) < 4.78 is 4.76. The fourth-order valence-electron chi connectivity index (χ4n) is 1.02. The fraction of sp³-hybridized carbons (Fsp3) is 0.400.